The van der Waals surface area contributed by atoms with Gasteiger partial charge in [0, 0.05) is 35.3 Å². The molecule has 0 amide bonds. The van der Waals surface area contributed by atoms with Crippen molar-refractivity contribution in [3.05, 3.63) is 182 Å². The van der Waals surface area contributed by atoms with E-state index in [0.717, 1.165) is 77.6 Å². The Morgan fingerprint density at radius 2 is 0.542 bits per heavy atom. The largest absolute Gasteiger partial charge is 0.378 e. The molecule has 72 heavy (non-hydrogen) atoms. The van der Waals surface area contributed by atoms with Crippen molar-refractivity contribution in [2.45, 2.75) is 111 Å². The maximum absolute atomic E-state index is 7.49. The van der Waals surface area contributed by atoms with Crippen LogP contribution in [0.4, 0.5) is 0 Å². The second kappa shape index (κ2) is 25.7. The average Bonchev–Trinajstić information content (AvgIpc) is 3.44. The molecular weight excluding hydrogens is 946 g/mol. The summed E-state index contributed by atoms with van der Waals surface area (Å²) in [4.78, 5) is 0. The highest BCUT2D eigenvalue weighted by Gasteiger charge is 2.63. The van der Waals surface area contributed by atoms with E-state index in [1.54, 1.807) is 0 Å². The molecule has 4 aliphatic rings. The molecule has 1 saturated carbocycles. The fourth-order valence-corrected chi connectivity index (χ4v) is 23.3. The first-order chi connectivity index (χ1) is 35.6. The van der Waals surface area contributed by atoms with Crippen molar-refractivity contribution < 1.29 is 28.4 Å². The third kappa shape index (κ3) is 12.7. The molecule has 9 heteroatoms. The van der Waals surface area contributed by atoms with Gasteiger partial charge in [0.2, 0.25) is 0 Å². The first kappa shape index (κ1) is 51.8. The van der Waals surface area contributed by atoms with Gasteiger partial charge in [-0.3, -0.25) is 0 Å². The molecule has 1 aliphatic carbocycles. The standard InChI is InChI=1S/C63H75O6P3/c1-7-28-55(29-8-1)70(56-30-9-2-10-31-56)61(49-64-43-52-25-19-22-40-67-52)46-62(50-65-44-53-26-20-23-41-68-53,71(57-32-11-3-12-33-57)58-34-13-4-14-35-58)48-63(47-61,51-66-45-54-27-21-24-42-69-54)72(59-36-15-5-16-37-59)60-38-17-6-18-39-60/h1-18,28-39,52-54H,19-27,40-51H2. The lowest BCUT2D eigenvalue weighted by Crippen LogP contribution is -2.62. The predicted octanol–water partition coefficient (Wildman–Crippen LogP) is 11.5. The van der Waals surface area contributed by atoms with Gasteiger partial charge in [-0.25, -0.2) is 0 Å². The van der Waals surface area contributed by atoms with E-state index in [4.69, 9.17) is 28.4 Å². The van der Waals surface area contributed by atoms with Gasteiger partial charge in [-0.1, -0.05) is 182 Å². The molecule has 6 aromatic rings. The van der Waals surface area contributed by atoms with Crippen LogP contribution in [0.15, 0.2) is 182 Å². The molecular formula is C63H75O6P3. The van der Waals surface area contributed by atoms with Crippen LogP contribution in [-0.2, 0) is 28.4 Å². The van der Waals surface area contributed by atoms with E-state index in [-0.39, 0.29) is 18.3 Å². The zero-order valence-electron chi connectivity index (χ0n) is 42.2. The number of ether oxygens (including phenoxy) is 6. The van der Waals surface area contributed by atoms with Gasteiger partial charge in [0.15, 0.2) is 0 Å². The average molecular weight is 1020 g/mol. The molecule has 10 rings (SSSR count). The maximum Gasteiger partial charge on any atom is 0.0808 e. The van der Waals surface area contributed by atoms with E-state index in [1.165, 1.54) is 51.1 Å². The summed E-state index contributed by atoms with van der Waals surface area (Å²) < 4.78 is 41.9. The van der Waals surface area contributed by atoms with Crippen LogP contribution in [0.1, 0.15) is 77.0 Å². The van der Waals surface area contributed by atoms with Gasteiger partial charge in [0.05, 0.1) is 58.0 Å². The fraction of sp³-hybridized carbons (Fsp3) is 0.429. The Bertz CT molecular complexity index is 2070. The molecule has 3 aliphatic heterocycles. The lowest BCUT2D eigenvalue weighted by atomic mass is 9.73. The topological polar surface area (TPSA) is 55.4 Å². The minimum Gasteiger partial charge on any atom is -0.378 e. The van der Waals surface area contributed by atoms with Gasteiger partial charge >= 0.3 is 0 Å². The van der Waals surface area contributed by atoms with Gasteiger partial charge in [-0.05, 0) is 133 Å². The fourth-order valence-electron chi connectivity index (χ4n) is 12.5. The van der Waals surface area contributed by atoms with Crippen LogP contribution in [0.5, 0.6) is 0 Å². The van der Waals surface area contributed by atoms with E-state index in [2.05, 4.69) is 182 Å². The van der Waals surface area contributed by atoms with Gasteiger partial charge in [0.25, 0.3) is 0 Å². The van der Waals surface area contributed by atoms with E-state index in [1.807, 2.05) is 0 Å². The lowest BCUT2D eigenvalue weighted by molar-refractivity contribution is -0.0628. The maximum atomic E-state index is 7.49. The molecule has 4 fully saturated rings. The molecule has 378 valence electrons. The quantitative estimate of drug-likeness (QED) is 0.0670. The van der Waals surface area contributed by atoms with Crippen molar-refractivity contribution in [3.63, 3.8) is 0 Å². The molecule has 6 aromatic carbocycles. The smallest absolute Gasteiger partial charge is 0.0808 e. The Morgan fingerprint density at radius 3 is 0.736 bits per heavy atom. The second-order valence-electron chi connectivity index (χ2n) is 20.7. The zero-order chi connectivity index (χ0) is 48.7. The highest BCUT2D eigenvalue weighted by atomic mass is 31.1. The second-order valence-corrected chi connectivity index (χ2v) is 28.7. The monoisotopic (exact) mass is 1020 g/mol. The van der Waals surface area contributed by atoms with Crippen molar-refractivity contribution in [2.75, 3.05) is 59.5 Å². The van der Waals surface area contributed by atoms with Crippen LogP contribution >= 0.6 is 23.8 Å². The van der Waals surface area contributed by atoms with Crippen LogP contribution < -0.4 is 31.8 Å². The van der Waals surface area contributed by atoms with E-state index >= 15 is 0 Å². The van der Waals surface area contributed by atoms with Crippen molar-refractivity contribution in [1.82, 2.24) is 0 Å². The molecule has 0 spiro atoms. The van der Waals surface area contributed by atoms with Crippen molar-refractivity contribution in [1.29, 1.82) is 0 Å². The third-order valence-electron chi connectivity index (χ3n) is 15.3. The van der Waals surface area contributed by atoms with Crippen molar-refractivity contribution in [2.24, 2.45) is 0 Å². The Hall–Kier alpha value is -3.63. The first-order valence-corrected chi connectivity index (χ1v) is 30.9. The van der Waals surface area contributed by atoms with Gasteiger partial charge in [0.1, 0.15) is 0 Å². The normalized spacial score (nSPS) is 26.0. The molecule has 0 bridgehead atoms. The van der Waals surface area contributed by atoms with Gasteiger partial charge < -0.3 is 28.4 Å². The third-order valence-corrected chi connectivity index (χ3v) is 24.4. The summed E-state index contributed by atoms with van der Waals surface area (Å²) >= 11 is 0. The molecule has 3 atom stereocenters. The molecule has 3 heterocycles. The number of benzene rings is 6. The predicted molar refractivity (Wildman–Crippen MR) is 302 cm³/mol. The van der Waals surface area contributed by atoms with E-state index < -0.39 is 39.2 Å². The van der Waals surface area contributed by atoms with Crippen LogP contribution in [0.3, 0.4) is 0 Å². The highest BCUT2D eigenvalue weighted by Crippen LogP contribution is 2.72. The molecule has 0 N–H and O–H groups in total. The summed E-state index contributed by atoms with van der Waals surface area (Å²) in [6.45, 7) is 5.90. The molecule has 3 saturated heterocycles. The van der Waals surface area contributed by atoms with Gasteiger partial charge in [-0.15, -0.1) is 0 Å². The van der Waals surface area contributed by atoms with Crippen molar-refractivity contribution in [3.8, 4) is 0 Å². The highest BCUT2D eigenvalue weighted by molar-refractivity contribution is 7.76. The summed E-state index contributed by atoms with van der Waals surface area (Å²) in [7, 11) is -3.25. The van der Waals surface area contributed by atoms with Crippen molar-refractivity contribution >= 4 is 55.6 Å². The van der Waals surface area contributed by atoms with Gasteiger partial charge in [-0.2, -0.15) is 0 Å². The summed E-state index contributed by atoms with van der Waals surface area (Å²) in [5.74, 6) is 0. The number of rotatable bonds is 21. The summed E-state index contributed by atoms with van der Waals surface area (Å²) in [5.41, 5.74) is 0. The van der Waals surface area contributed by atoms with Crippen LogP contribution in [0.25, 0.3) is 0 Å². The summed E-state index contributed by atoms with van der Waals surface area (Å²) in [5, 5.41) is 7.03. The zero-order valence-corrected chi connectivity index (χ0v) is 44.9. The Balaban J connectivity index is 1.25. The minimum absolute atomic E-state index is 0.0859. The van der Waals surface area contributed by atoms with E-state index in [0.29, 0.717) is 39.6 Å². The first-order valence-electron chi connectivity index (χ1n) is 26.9. The SMILES string of the molecule is c1ccc(P(c2ccccc2)C2(COCC3CCCCO3)CC(COCC3CCCCO3)(P(c3ccccc3)c3ccccc3)CC(COCC3CCCCO3)(P(c3ccccc3)c3ccccc3)C2)cc1. The Labute approximate surface area is 434 Å². The number of hydrogen-bond donors (Lipinski definition) is 0. The molecule has 6 nitrogen and oxygen atoms in total. The van der Waals surface area contributed by atoms with Crippen LogP contribution in [0.2, 0.25) is 0 Å². The number of hydrogen-bond acceptors (Lipinski definition) is 6. The molecule has 3 unspecified atom stereocenters. The Kier molecular flexibility index (Phi) is 18.5. The summed E-state index contributed by atoms with van der Waals surface area (Å²) in [6.07, 6.45) is 12.9. The Morgan fingerprint density at radius 1 is 0.319 bits per heavy atom. The van der Waals surface area contributed by atoms with E-state index in [9.17, 15) is 0 Å². The van der Waals surface area contributed by atoms with Crippen LogP contribution in [0, 0.1) is 0 Å². The molecule has 0 aromatic heterocycles. The van der Waals surface area contributed by atoms with Crippen LogP contribution in [-0.4, -0.2) is 93.2 Å². The lowest BCUT2D eigenvalue weighted by Gasteiger charge is -2.62. The molecule has 0 radical (unpaired) electrons. The summed E-state index contributed by atoms with van der Waals surface area (Å²) in [6, 6.07) is 69.0. The minimum atomic E-state index is -1.08.